The van der Waals surface area contributed by atoms with Gasteiger partial charge in [0.2, 0.25) is 5.28 Å². The van der Waals surface area contributed by atoms with E-state index >= 15 is 0 Å². The van der Waals surface area contributed by atoms with Crippen LogP contribution in [0, 0.1) is 0 Å². The highest BCUT2D eigenvalue weighted by atomic mass is 35.5. The van der Waals surface area contributed by atoms with E-state index in [9.17, 15) is 0 Å². The van der Waals surface area contributed by atoms with Gasteiger partial charge in [-0.3, -0.25) is 0 Å². The first kappa shape index (κ1) is 8.88. The molecule has 13 heavy (non-hydrogen) atoms. The molecule has 0 bridgehead atoms. The zero-order valence-electron chi connectivity index (χ0n) is 7.41. The molecule has 4 heteroatoms. The van der Waals surface area contributed by atoms with Crippen molar-refractivity contribution in [2.24, 2.45) is 0 Å². The number of aromatic nitrogens is 3. The van der Waals surface area contributed by atoms with Crippen molar-refractivity contribution in [3.63, 3.8) is 0 Å². The molecule has 1 heterocycles. The maximum Gasteiger partial charge on any atom is 0.243 e. The lowest BCUT2D eigenvalue weighted by molar-refractivity contribution is 0.434. The molecule has 0 N–H and O–H groups in total. The third-order valence-corrected chi connectivity index (χ3v) is 2.74. The van der Waals surface area contributed by atoms with Gasteiger partial charge in [-0.2, -0.15) is 5.10 Å². The van der Waals surface area contributed by atoms with Crippen LogP contribution in [0.2, 0.25) is 5.28 Å². The third-order valence-electron chi connectivity index (χ3n) is 2.58. The van der Waals surface area contributed by atoms with E-state index in [1.54, 1.807) is 6.20 Å². The van der Waals surface area contributed by atoms with Gasteiger partial charge in [0, 0.05) is 5.92 Å². The van der Waals surface area contributed by atoms with Gasteiger partial charge in [-0.25, -0.2) is 4.98 Å². The highest BCUT2D eigenvalue weighted by molar-refractivity contribution is 6.28. The van der Waals surface area contributed by atoms with E-state index < -0.39 is 0 Å². The zero-order chi connectivity index (χ0) is 9.10. The van der Waals surface area contributed by atoms with Crippen LogP contribution in [-0.4, -0.2) is 15.2 Å². The minimum atomic E-state index is 0.267. The molecule has 3 nitrogen and oxygen atoms in total. The molecule has 0 spiro atoms. The van der Waals surface area contributed by atoms with Crippen molar-refractivity contribution >= 4 is 11.6 Å². The standard InChI is InChI=1S/C9H12ClN3/c10-9-12-8(6-11-13-9)7-4-2-1-3-5-7/h6-7H,1-5H2. The molecule has 0 saturated heterocycles. The Hall–Kier alpha value is -0.700. The van der Waals surface area contributed by atoms with Gasteiger partial charge in [-0.15, -0.1) is 5.10 Å². The van der Waals surface area contributed by atoms with E-state index in [-0.39, 0.29) is 5.28 Å². The summed E-state index contributed by atoms with van der Waals surface area (Å²) in [5.74, 6) is 0.557. The largest absolute Gasteiger partial charge is 0.243 e. The van der Waals surface area contributed by atoms with Crippen LogP contribution in [0.1, 0.15) is 43.7 Å². The summed E-state index contributed by atoms with van der Waals surface area (Å²) in [6, 6.07) is 0. The molecule has 0 aromatic carbocycles. The SMILES string of the molecule is Clc1nncc(C2CCCCC2)n1. The average molecular weight is 198 g/mol. The van der Waals surface area contributed by atoms with Crippen molar-refractivity contribution in [1.82, 2.24) is 15.2 Å². The number of hydrogen-bond acceptors (Lipinski definition) is 3. The van der Waals surface area contributed by atoms with E-state index in [0.29, 0.717) is 5.92 Å². The summed E-state index contributed by atoms with van der Waals surface area (Å²) < 4.78 is 0. The van der Waals surface area contributed by atoms with Crippen LogP contribution in [-0.2, 0) is 0 Å². The summed E-state index contributed by atoms with van der Waals surface area (Å²) in [5, 5.41) is 7.72. The van der Waals surface area contributed by atoms with Gasteiger partial charge >= 0.3 is 0 Å². The zero-order valence-corrected chi connectivity index (χ0v) is 8.17. The number of halogens is 1. The first-order chi connectivity index (χ1) is 6.36. The summed E-state index contributed by atoms with van der Waals surface area (Å²) in [4.78, 5) is 4.19. The van der Waals surface area contributed by atoms with Gasteiger partial charge in [0.05, 0.1) is 11.9 Å². The molecule has 0 radical (unpaired) electrons. The fraction of sp³-hybridized carbons (Fsp3) is 0.667. The lowest BCUT2D eigenvalue weighted by Crippen LogP contribution is -2.07. The van der Waals surface area contributed by atoms with Gasteiger partial charge in [-0.05, 0) is 24.4 Å². The Morgan fingerprint density at radius 1 is 1.23 bits per heavy atom. The lowest BCUT2D eigenvalue weighted by Gasteiger charge is -2.20. The van der Waals surface area contributed by atoms with Crippen LogP contribution >= 0.6 is 11.6 Å². The molecule has 1 aliphatic rings. The Bertz CT molecular complexity index is 284. The Morgan fingerprint density at radius 3 is 2.69 bits per heavy atom. The molecule has 1 aliphatic carbocycles. The number of nitrogens with zero attached hydrogens (tertiary/aromatic N) is 3. The van der Waals surface area contributed by atoms with Gasteiger partial charge in [-0.1, -0.05) is 19.3 Å². The minimum absolute atomic E-state index is 0.267. The van der Waals surface area contributed by atoms with E-state index in [1.807, 2.05) is 0 Å². The quantitative estimate of drug-likeness (QED) is 0.695. The molecule has 0 unspecified atom stereocenters. The predicted octanol–water partition coefficient (Wildman–Crippen LogP) is 2.57. The van der Waals surface area contributed by atoms with Crippen molar-refractivity contribution in [2.75, 3.05) is 0 Å². The topological polar surface area (TPSA) is 38.7 Å². The predicted molar refractivity (Wildman–Crippen MR) is 50.7 cm³/mol. The average Bonchev–Trinajstić information content (AvgIpc) is 2.19. The smallest absolute Gasteiger partial charge is 0.220 e. The Balaban J connectivity index is 2.14. The maximum atomic E-state index is 5.68. The van der Waals surface area contributed by atoms with E-state index in [0.717, 1.165) is 5.69 Å². The minimum Gasteiger partial charge on any atom is -0.220 e. The van der Waals surface area contributed by atoms with Crippen molar-refractivity contribution < 1.29 is 0 Å². The van der Waals surface area contributed by atoms with Crippen LogP contribution in [0.4, 0.5) is 0 Å². The summed E-state index contributed by atoms with van der Waals surface area (Å²) in [7, 11) is 0. The molecule has 1 saturated carbocycles. The van der Waals surface area contributed by atoms with Crippen LogP contribution in [0.15, 0.2) is 6.20 Å². The molecule has 0 atom stereocenters. The van der Waals surface area contributed by atoms with Gasteiger partial charge in [0.15, 0.2) is 0 Å². The second-order valence-corrected chi connectivity index (χ2v) is 3.82. The highest BCUT2D eigenvalue weighted by Crippen LogP contribution is 2.31. The molecule has 70 valence electrons. The van der Waals surface area contributed by atoms with Gasteiger partial charge in [0.25, 0.3) is 0 Å². The fourth-order valence-corrected chi connectivity index (χ4v) is 2.03. The Morgan fingerprint density at radius 2 is 2.00 bits per heavy atom. The van der Waals surface area contributed by atoms with Gasteiger partial charge in [0.1, 0.15) is 0 Å². The molecule has 1 aromatic heterocycles. The summed E-state index contributed by atoms with van der Waals surface area (Å²) in [6.07, 6.45) is 8.12. The van der Waals surface area contributed by atoms with Crippen LogP contribution in [0.25, 0.3) is 0 Å². The second-order valence-electron chi connectivity index (χ2n) is 3.49. The van der Waals surface area contributed by atoms with Crippen LogP contribution in [0.5, 0.6) is 0 Å². The van der Waals surface area contributed by atoms with E-state index in [4.69, 9.17) is 11.6 Å². The van der Waals surface area contributed by atoms with Crippen molar-refractivity contribution in [2.45, 2.75) is 38.0 Å². The first-order valence-electron chi connectivity index (χ1n) is 4.71. The van der Waals surface area contributed by atoms with Crippen LogP contribution in [0.3, 0.4) is 0 Å². The van der Waals surface area contributed by atoms with Crippen LogP contribution < -0.4 is 0 Å². The van der Waals surface area contributed by atoms with Crippen molar-refractivity contribution in [3.8, 4) is 0 Å². The second kappa shape index (κ2) is 4.01. The summed E-state index contributed by atoms with van der Waals surface area (Å²) in [5.41, 5.74) is 1.01. The lowest BCUT2D eigenvalue weighted by atomic mass is 9.87. The normalized spacial score (nSPS) is 18.8. The summed E-state index contributed by atoms with van der Waals surface area (Å²) >= 11 is 5.68. The molecule has 1 fully saturated rings. The number of hydrogen-bond donors (Lipinski definition) is 0. The van der Waals surface area contributed by atoms with E-state index in [2.05, 4.69) is 15.2 Å². The van der Waals surface area contributed by atoms with E-state index in [1.165, 1.54) is 32.1 Å². The maximum absolute atomic E-state index is 5.68. The third kappa shape index (κ3) is 2.15. The first-order valence-corrected chi connectivity index (χ1v) is 5.09. The molecule has 0 aliphatic heterocycles. The van der Waals surface area contributed by atoms with Gasteiger partial charge < -0.3 is 0 Å². The molecular weight excluding hydrogens is 186 g/mol. The number of rotatable bonds is 1. The molecular formula is C9H12ClN3. The Labute approximate surface area is 82.5 Å². The molecule has 1 aromatic rings. The highest BCUT2D eigenvalue weighted by Gasteiger charge is 2.17. The molecule has 0 amide bonds. The monoisotopic (exact) mass is 197 g/mol. The van der Waals surface area contributed by atoms with Crippen molar-refractivity contribution in [1.29, 1.82) is 0 Å². The summed E-state index contributed by atoms with van der Waals surface area (Å²) in [6.45, 7) is 0. The Kier molecular flexibility index (Phi) is 2.74. The molecule has 2 rings (SSSR count). The fourth-order valence-electron chi connectivity index (χ4n) is 1.89. The van der Waals surface area contributed by atoms with Crippen molar-refractivity contribution in [3.05, 3.63) is 17.2 Å².